The Balaban J connectivity index is -0.0000000277. The van der Waals surface area contributed by atoms with E-state index in [-0.39, 0.29) is 75.8 Å². The minimum absolute atomic E-state index is 0. The van der Waals surface area contributed by atoms with Crippen molar-refractivity contribution in [2.75, 3.05) is 0 Å². The molecule has 0 aromatic rings. The molecular weight excluding hydrogens is 480 g/mol. The first-order valence-electron chi connectivity index (χ1n) is 6.18. The maximum Gasteiger partial charge on any atom is 5.00 e. The second-order valence-corrected chi connectivity index (χ2v) is 11.0. The number of halogens is 2. The van der Waals surface area contributed by atoms with Gasteiger partial charge in [0.1, 0.15) is 0 Å². The fourth-order valence-corrected chi connectivity index (χ4v) is 0. The molecule has 0 radical (unpaired) electrons. The van der Waals surface area contributed by atoms with Gasteiger partial charge in [-0.25, -0.2) is 0 Å². The summed E-state index contributed by atoms with van der Waals surface area (Å²) in [6, 6.07) is 0. The molecule has 6 heteroatoms. The van der Waals surface area contributed by atoms with Crippen molar-refractivity contribution >= 4 is 28.6 Å². The average Bonchev–Trinajstić information content (AvgIpc) is 2.19. The van der Waals surface area contributed by atoms with Gasteiger partial charge in [-0.3, -0.25) is 0 Å². The maximum atomic E-state index is 2.30. The van der Waals surface area contributed by atoms with E-state index >= 15 is 0 Å². The molecule has 0 fully saturated rings. The van der Waals surface area contributed by atoms with E-state index in [4.69, 9.17) is 0 Å². The first-order valence-corrected chi connectivity index (χ1v) is 12.5. The van der Waals surface area contributed by atoms with E-state index in [9.17, 15) is 0 Å². The molecule has 0 aliphatic rings. The Kier molecular flexibility index (Phi) is 64.2. The fourth-order valence-electron chi connectivity index (χ4n) is 0. The van der Waals surface area contributed by atoms with Crippen LogP contribution < -0.4 is 24.8 Å². The third-order valence-corrected chi connectivity index (χ3v) is 6.36. The number of hydrogen-bond acceptors (Lipinski definition) is 0. The minimum atomic E-state index is 0. The summed E-state index contributed by atoms with van der Waals surface area (Å²) < 4.78 is 0. The predicted molar refractivity (Wildman–Crippen MR) is 87.0 cm³/mol. The van der Waals surface area contributed by atoms with Gasteiger partial charge in [0, 0.05) is 0 Å². The molecule has 0 bridgehead atoms. The van der Waals surface area contributed by atoms with Crippen LogP contribution in [0.25, 0.3) is 0 Å². The van der Waals surface area contributed by atoms with Crippen LogP contribution in [-0.2, 0) is 22.4 Å². The summed E-state index contributed by atoms with van der Waals surface area (Å²) in [5.74, 6) is 0. The van der Waals surface area contributed by atoms with Gasteiger partial charge in [-0.15, -0.1) is 48.2 Å². The molecule has 0 aromatic carbocycles. The monoisotopic (exact) mass is 512 g/mol. The van der Waals surface area contributed by atoms with Gasteiger partial charge in [0.05, 0.1) is 0 Å². The predicted octanol–water partition coefficient (Wildman–Crippen LogP) is -3.67. The molecule has 0 unspecified atom stereocenters. The summed E-state index contributed by atoms with van der Waals surface area (Å²) in [6.07, 6.45) is 0. The Bertz CT molecular complexity index is 86.3. The molecule has 0 atom stereocenters. The fraction of sp³-hybridized carbons (Fsp3) is 0.750. The number of hydrogen-bond donors (Lipinski definition) is 0. The van der Waals surface area contributed by atoms with Crippen LogP contribution in [0, 0.1) is 16.6 Å². The quantitative estimate of drug-likeness (QED) is 0.270. The molecule has 18 heavy (non-hydrogen) atoms. The Hall–Kier alpha value is 1.97. The zero-order chi connectivity index (χ0) is 12.9. The van der Waals surface area contributed by atoms with Crippen LogP contribution in [0.1, 0.15) is 41.5 Å². The van der Waals surface area contributed by atoms with Crippen molar-refractivity contribution in [1.29, 1.82) is 0 Å². The Morgan fingerprint density at radius 1 is 0.500 bits per heavy atom. The van der Waals surface area contributed by atoms with Crippen molar-refractivity contribution in [2.45, 2.75) is 61.2 Å². The molecule has 0 nitrogen and oxygen atoms in total. The van der Waals surface area contributed by atoms with Gasteiger partial charge in [-0.05, 0) is 0 Å². The summed E-state index contributed by atoms with van der Waals surface area (Å²) in [6.45, 7) is 20.1. The van der Waals surface area contributed by atoms with E-state index < -0.39 is 0 Å². The smallest absolute Gasteiger partial charge is 1.00 e. The van der Waals surface area contributed by atoms with Gasteiger partial charge in [0.15, 0.2) is 0 Å². The number of rotatable bonds is 3. The van der Waals surface area contributed by atoms with Crippen molar-refractivity contribution in [2.24, 2.45) is 0 Å². The van der Waals surface area contributed by atoms with E-state index in [2.05, 4.69) is 61.2 Å². The van der Waals surface area contributed by atoms with Crippen LogP contribution in [0.2, 0.25) is 19.6 Å². The van der Waals surface area contributed by atoms with Crippen molar-refractivity contribution in [3.05, 3.63) is 16.6 Å². The zero-order valence-electron chi connectivity index (χ0n) is 13.8. The van der Waals surface area contributed by atoms with Gasteiger partial charge in [-0.2, -0.15) is 41.5 Å². The van der Waals surface area contributed by atoms with Crippen LogP contribution in [0.4, 0.5) is 0 Å². The van der Waals surface area contributed by atoms with Crippen LogP contribution in [0.15, 0.2) is 0 Å². The summed E-state index contributed by atoms with van der Waals surface area (Å²) in [5.41, 5.74) is 4.93. The van der Waals surface area contributed by atoms with Crippen LogP contribution in [0.5, 0.6) is 0 Å². The molecule has 0 N–H and O–H groups in total. The molecule has 0 aliphatic carbocycles. The Morgan fingerprint density at radius 3 is 0.556 bits per heavy atom. The van der Waals surface area contributed by atoms with Crippen molar-refractivity contribution in [1.82, 2.24) is 0 Å². The van der Waals surface area contributed by atoms with Crippen LogP contribution in [0.3, 0.4) is 0 Å². The molecule has 0 saturated carbocycles. The summed E-state index contributed by atoms with van der Waals surface area (Å²) in [4.78, 5) is 0. The van der Waals surface area contributed by atoms with Gasteiger partial charge in [0.2, 0.25) is 0 Å². The normalized spacial score (nSPS) is 10.0. The van der Waals surface area contributed by atoms with E-state index in [1.54, 1.807) is 16.6 Å². The molecule has 0 aliphatic heterocycles. The van der Waals surface area contributed by atoms with Crippen LogP contribution >= 0.6 is 0 Å². The average molecular weight is 514 g/mol. The third kappa shape index (κ3) is 81.5. The van der Waals surface area contributed by atoms with E-state index in [0.717, 1.165) is 0 Å². The van der Waals surface area contributed by atoms with E-state index in [1.807, 2.05) is 0 Å². The minimum Gasteiger partial charge on any atom is -1.00 e. The molecule has 0 amide bonds. The SMILES string of the molecule is C[SiH2][C-](C)C.C[SiH2][C-](C)C.C[SiH2][C-](C)C.[Cl-].[Cl-].[Ta+5]. The maximum absolute atomic E-state index is 2.30. The molecule has 0 spiro atoms. The first kappa shape index (κ1) is 36.8. The van der Waals surface area contributed by atoms with Gasteiger partial charge in [0.25, 0.3) is 0 Å². The molecule has 0 heterocycles. The molecular formula is C12H33Cl2Si3Ta. The molecule has 0 saturated heterocycles. The van der Waals surface area contributed by atoms with Crippen LogP contribution in [-0.4, -0.2) is 28.6 Å². The van der Waals surface area contributed by atoms with Gasteiger partial charge in [-0.1, -0.05) is 0 Å². The van der Waals surface area contributed by atoms with Crippen molar-refractivity contribution in [3.63, 3.8) is 0 Å². The summed E-state index contributed by atoms with van der Waals surface area (Å²) in [5, 5.41) is 0. The zero-order valence-corrected chi connectivity index (χ0v) is 22.8. The Labute approximate surface area is 152 Å². The third-order valence-electron chi connectivity index (χ3n) is 2.12. The second-order valence-electron chi connectivity index (χ2n) is 4.68. The largest absolute Gasteiger partial charge is 5.00 e. The van der Waals surface area contributed by atoms with Crippen molar-refractivity contribution < 1.29 is 47.2 Å². The molecule has 0 rings (SSSR count). The van der Waals surface area contributed by atoms with Gasteiger partial charge < -0.3 is 41.4 Å². The molecule has 112 valence electrons. The van der Waals surface area contributed by atoms with E-state index in [1.165, 1.54) is 0 Å². The van der Waals surface area contributed by atoms with E-state index in [0.29, 0.717) is 0 Å². The molecule has 0 aromatic heterocycles. The van der Waals surface area contributed by atoms with Crippen molar-refractivity contribution in [3.8, 4) is 0 Å². The summed E-state index contributed by atoms with van der Waals surface area (Å²) in [7, 11) is 0.796. The first-order chi connectivity index (χ1) is 6.81. The topological polar surface area (TPSA) is 0 Å². The standard InChI is InChI=1S/3C4H11Si.2ClH.Ta/c3*1-4(2)5-3;;;/h3*5H2,1-3H3;2*1H;/q3*-1;;;+5/p-2. The second kappa shape index (κ2) is 31.4. The summed E-state index contributed by atoms with van der Waals surface area (Å²) >= 11 is 0. The van der Waals surface area contributed by atoms with Gasteiger partial charge >= 0.3 is 22.4 Å². The Morgan fingerprint density at radius 2 is 0.556 bits per heavy atom.